The van der Waals surface area contributed by atoms with Gasteiger partial charge < -0.3 is 10.4 Å². The third kappa shape index (κ3) is 3.06. The Bertz CT molecular complexity index is 301. The Kier molecular flexibility index (Phi) is 4.97. The first kappa shape index (κ1) is 13.2. The first-order valence-electron chi connectivity index (χ1n) is 6.05. The fourth-order valence-electron chi connectivity index (χ4n) is 1.90. The predicted octanol–water partition coefficient (Wildman–Crippen LogP) is 2.84. The molecule has 0 saturated heterocycles. The zero-order valence-electron chi connectivity index (χ0n) is 10.7. The Morgan fingerprint density at radius 3 is 2.00 bits per heavy atom. The van der Waals surface area contributed by atoms with E-state index in [0.29, 0.717) is 5.92 Å². The molecule has 0 aliphatic heterocycles. The van der Waals surface area contributed by atoms with Crippen molar-refractivity contribution in [3.63, 3.8) is 0 Å². The molecular weight excluding hydrogens is 198 g/mol. The second-order valence-corrected chi connectivity index (χ2v) is 4.57. The van der Waals surface area contributed by atoms with Crippen LogP contribution >= 0.6 is 0 Å². The van der Waals surface area contributed by atoms with Crippen molar-refractivity contribution in [2.45, 2.75) is 45.3 Å². The van der Waals surface area contributed by atoms with Gasteiger partial charge in [-0.05, 0) is 30.5 Å². The lowest BCUT2D eigenvalue weighted by Gasteiger charge is -2.21. The minimum atomic E-state index is -0.420. The van der Waals surface area contributed by atoms with E-state index in [9.17, 15) is 5.11 Å². The molecule has 0 aliphatic rings. The molecule has 90 valence electrons. The lowest BCUT2D eigenvalue weighted by molar-refractivity contribution is 0.130. The smallest absolute Gasteiger partial charge is 0.0942 e. The summed E-state index contributed by atoms with van der Waals surface area (Å²) in [4.78, 5) is 0. The summed E-state index contributed by atoms with van der Waals surface area (Å²) in [6.07, 6.45) is 0.500. The van der Waals surface area contributed by atoms with E-state index in [-0.39, 0.29) is 6.04 Å². The van der Waals surface area contributed by atoms with Crippen LogP contribution in [0, 0.1) is 0 Å². The molecule has 2 atom stereocenters. The van der Waals surface area contributed by atoms with E-state index in [4.69, 9.17) is 0 Å². The fourth-order valence-corrected chi connectivity index (χ4v) is 1.90. The maximum atomic E-state index is 10.1. The molecule has 0 saturated carbocycles. The first-order valence-corrected chi connectivity index (χ1v) is 6.05. The van der Waals surface area contributed by atoms with Crippen LogP contribution in [0.25, 0.3) is 0 Å². The summed E-state index contributed by atoms with van der Waals surface area (Å²) < 4.78 is 0. The quantitative estimate of drug-likeness (QED) is 0.801. The Labute approximate surface area is 98.7 Å². The van der Waals surface area contributed by atoms with E-state index in [0.717, 1.165) is 12.0 Å². The number of rotatable bonds is 5. The average Bonchev–Trinajstić information content (AvgIpc) is 2.30. The molecule has 1 aromatic rings. The van der Waals surface area contributed by atoms with Gasteiger partial charge in [-0.3, -0.25) is 0 Å². The Hall–Kier alpha value is -0.860. The van der Waals surface area contributed by atoms with Crippen LogP contribution in [0.1, 0.15) is 50.3 Å². The molecule has 2 N–H and O–H groups in total. The second kappa shape index (κ2) is 6.02. The first-order chi connectivity index (χ1) is 7.60. The number of benzene rings is 1. The van der Waals surface area contributed by atoms with Crippen LogP contribution in [0.15, 0.2) is 24.3 Å². The highest BCUT2D eigenvalue weighted by molar-refractivity contribution is 5.26. The number of hydrogen-bond acceptors (Lipinski definition) is 2. The van der Waals surface area contributed by atoms with Gasteiger partial charge in [0, 0.05) is 6.04 Å². The average molecular weight is 221 g/mol. The van der Waals surface area contributed by atoms with Crippen molar-refractivity contribution < 1.29 is 5.11 Å². The molecule has 0 radical (unpaired) electrons. The molecule has 0 bridgehead atoms. The predicted molar refractivity (Wildman–Crippen MR) is 68.6 cm³/mol. The monoisotopic (exact) mass is 221 g/mol. The van der Waals surface area contributed by atoms with Gasteiger partial charge in [-0.1, -0.05) is 45.0 Å². The molecule has 2 heteroatoms. The molecule has 0 heterocycles. The Morgan fingerprint density at radius 2 is 1.62 bits per heavy atom. The van der Waals surface area contributed by atoms with Crippen LogP contribution < -0.4 is 5.32 Å². The van der Waals surface area contributed by atoms with Crippen LogP contribution in [-0.2, 0) is 0 Å². The summed E-state index contributed by atoms with van der Waals surface area (Å²) in [5, 5.41) is 13.3. The summed E-state index contributed by atoms with van der Waals surface area (Å²) in [5.74, 6) is 0.539. The summed E-state index contributed by atoms with van der Waals surface area (Å²) in [5.41, 5.74) is 2.30. The van der Waals surface area contributed by atoms with Crippen molar-refractivity contribution in [1.82, 2.24) is 5.32 Å². The molecule has 0 aromatic heterocycles. The summed E-state index contributed by atoms with van der Waals surface area (Å²) in [6.45, 7) is 6.43. The van der Waals surface area contributed by atoms with Crippen LogP contribution in [0.2, 0.25) is 0 Å². The molecule has 16 heavy (non-hydrogen) atoms. The van der Waals surface area contributed by atoms with Crippen molar-refractivity contribution in [3.8, 4) is 0 Å². The number of likely N-dealkylation sites (N-methyl/N-ethyl adjacent to an activating group) is 1. The van der Waals surface area contributed by atoms with Crippen molar-refractivity contribution in [1.29, 1.82) is 0 Å². The maximum absolute atomic E-state index is 10.1. The molecule has 2 unspecified atom stereocenters. The standard InChI is InChI=1S/C14H23NO/c1-5-13(15-4)14(16)12-8-6-11(7-9-12)10(2)3/h6-10,13-16H,5H2,1-4H3. The van der Waals surface area contributed by atoms with E-state index in [1.165, 1.54) is 5.56 Å². The van der Waals surface area contributed by atoms with E-state index in [1.807, 2.05) is 19.2 Å². The van der Waals surface area contributed by atoms with E-state index >= 15 is 0 Å². The largest absolute Gasteiger partial charge is 0.387 e. The molecule has 0 aliphatic carbocycles. The van der Waals surface area contributed by atoms with Gasteiger partial charge in [-0.25, -0.2) is 0 Å². The highest BCUT2D eigenvalue weighted by atomic mass is 16.3. The van der Waals surface area contributed by atoms with Crippen molar-refractivity contribution in [2.75, 3.05) is 7.05 Å². The van der Waals surface area contributed by atoms with Gasteiger partial charge in [-0.15, -0.1) is 0 Å². The van der Waals surface area contributed by atoms with Crippen LogP contribution in [0.3, 0.4) is 0 Å². The lowest BCUT2D eigenvalue weighted by Crippen LogP contribution is -2.31. The van der Waals surface area contributed by atoms with Crippen molar-refractivity contribution in [2.24, 2.45) is 0 Å². The number of hydrogen-bond donors (Lipinski definition) is 2. The van der Waals surface area contributed by atoms with Gasteiger partial charge in [0.15, 0.2) is 0 Å². The normalized spacial score (nSPS) is 15.1. The molecule has 0 fully saturated rings. The molecule has 0 spiro atoms. The van der Waals surface area contributed by atoms with E-state index < -0.39 is 6.10 Å². The van der Waals surface area contributed by atoms with Crippen LogP contribution in [0.4, 0.5) is 0 Å². The van der Waals surface area contributed by atoms with Crippen LogP contribution in [-0.4, -0.2) is 18.2 Å². The molecule has 1 rings (SSSR count). The highest BCUT2D eigenvalue weighted by Crippen LogP contribution is 2.21. The fraction of sp³-hybridized carbons (Fsp3) is 0.571. The SMILES string of the molecule is CCC(NC)C(O)c1ccc(C(C)C)cc1. The summed E-state index contributed by atoms with van der Waals surface area (Å²) in [6, 6.07) is 8.39. The number of aliphatic hydroxyl groups excluding tert-OH is 1. The topological polar surface area (TPSA) is 32.3 Å². The third-order valence-electron chi connectivity index (χ3n) is 3.14. The molecule has 1 aromatic carbocycles. The minimum absolute atomic E-state index is 0.130. The Morgan fingerprint density at radius 1 is 1.12 bits per heavy atom. The minimum Gasteiger partial charge on any atom is -0.387 e. The molecule has 0 amide bonds. The van der Waals surface area contributed by atoms with Gasteiger partial charge in [0.1, 0.15) is 0 Å². The number of nitrogens with one attached hydrogen (secondary N) is 1. The number of aliphatic hydroxyl groups is 1. The van der Waals surface area contributed by atoms with Gasteiger partial charge >= 0.3 is 0 Å². The van der Waals surface area contributed by atoms with Crippen LogP contribution in [0.5, 0.6) is 0 Å². The third-order valence-corrected chi connectivity index (χ3v) is 3.14. The molecule has 2 nitrogen and oxygen atoms in total. The van der Waals surface area contributed by atoms with Gasteiger partial charge in [0.2, 0.25) is 0 Å². The highest BCUT2D eigenvalue weighted by Gasteiger charge is 2.17. The zero-order valence-corrected chi connectivity index (χ0v) is 10.7. The van der Waals surface area contributed by atoms with Crippen molar-refractivity contribution in [3.05, 3.63) is 35.4 Å². The van der Waals surface area contributed by atoms with Crippen molar-refractivity contribution >= 4 is 0 Å². The summed E-state index contributed by atoms with van der Waals surface area (Å²) in [7, 11) is 1.89. The van der Waals surface area contributed by atoms with Gasteiger partial charge in [0.25, 0.3) is 0 Å². The Balaban J connectivity index is 2.80. The summed E-state index contributed by atoms with van der Waals surface area (Å²) >= 11 is 0. The van der Waals surface area contributed by atoms with E-state index in [1.54, 1.807) is 0 Å². The molecular formula is C14H23NO. The zero-order chi connectivity index (χ0) is 12.1. The van der Waals surface area contributed by atoms with Gasteiger partial charge in [-0.2, -0.15) is 0 Å². The maximum Gasteiger partial charge on any atom is 0.0942 e. The second-order valence-electron chi connectivity index (χ2n) is 4.57. The lowest BCUT2D eigenvalue weighted by atomic mass is 9.96. The van der Waals surface area contributed by atoms with E-state index in [2.05, 4.69) is 38.2 Å². The van der Waals surface area contributed by atoms with Gasteiger partial charge in [0.05, 0.1) is 6.10 Å².